The number of hydrogen-bond acceptors (Lipinski definition) is 11. The Hall–Kier alpha value is -4.03. The van der Waals surface area contributed by atoms with E-state index in [4.69, 9.17) is 28.1 Å². The largest absolute Gasteiger partial charge is 0.493 e. The van der Waals surface area contributed by atoms with Crippen LogP contribution in [0.1, 0.15) is 31.2 Å². The summed E-state index contributed by atoms with van der Waals surface area (Å²) in [7, 11) is 4.53. The molecule has 2 aliphatic rings. The topological polar surface area (TPSA) is 114 Å². The summed E-state index contributed by atoms with van der Waals surface area (Å²) in [6.45, 7) is 6.38. The molecule has 0 bridgehead atoms. The van der Waals surface area contributed by atoms with E-state index in [1.165, 1.54) is 37.2 Å². The Bertz CT molecular complexity index is 1600. The number of morpholine rings is 1. The van der Waals surface area contributed by atoms with Crippen molar-refractivity contribution >= 4 is 29.3 Å². The molecule has 1 atom stereocenters. The minimum atomic E-state index is -0.841. The van der Waals surface area contributed by atoms with Gasteiger partial charge in [0, 0.05) is 25.2 Å². The van der Waals surface area contributed by atoms with E-state index >= 15 is 0 Å². The van der Waals surface area contributed by atoms with Gasteiger partial charge in [0.05, 0.1) is 63.0 Å². The molecule has 5 rings (SSSR count). The van der Waals surface area contributed by atoms with E-state index in [2.05, 4.69) is 9.89 Å². The van der Waals surface area contributed by atoms with E-state index in [1.807, 2.05) is 12.1 Å². The summed E-state index contributed by atoms with van der Waals surface area (Å²) in [6.07, 6.45) is 1.70. The average Bonchev–Trinajstić information content (AvgIpc) is 3.56. The zero-order valence-corrected chi connectivity index (χ0v) is 23.8. The Labute approximate surface area is 234 Å². The summed E-state index contributed by atoms with van der Waals surface area (Å²) in [5.74, 6) is 1.88. The number of fused-ring (bicyclic) bond motifs is 1. The minimum Gasteiger partial charge on any atom is -0.493 e. The van der Waals surface area contributed by atoms with Crippen molar-refractivity contribution < 1.29 is 32.9 Å². The van der Waals surface area contributed by atoms with Crippen molar-refractivity contribution in [1.29, 1.82) is 0 Å². The lowest BCUT2D eigenvalue weighted by Gasteiger charge is -2.26. The first kappa shape index (κ1) is 27.5. The van der Waals surface area contributed by atoms with E-state index < -0.39 is 12.0 Å². The lowest BCUT2D eigenvalue weighted by molar-refractivity contribution is -0.139. The predicted octanol–water partition coefficient (Wildman–Crippen LogP) is 2.25. The van der Waals surface area contributed by atoms with E-state index in [9.17, 15) is 9.59 Å². The smallest absolute Gasteiger partial charge is 0.338 e. The van der Waals surface area contributed by atoms with E-state index in [-0.39, 0.29) is 17.7 Å². The van der Waals surface area contributed by atoms with Crippen LogP contribution in [0.4, 0.5) is 5.88 Å². The fourth-order valence-corrected chi connectivity index (χ4v) is 5.90. The first-order valence-electron chi connectivity index (χ1n) is 12.8. The molecule has 0 amide bonds. The molecule has 12 heteroatoms. The normalized spacial score (nSPS) is 17.4. The van der Waals surface area contributed by atoms with Crippen molar-refractivity contribution in [2.24, 2.45) is 4.99 Å². The van der Waals surface area contributed by atoms with Gasteiger partial charge < -0.3 is 33.0 Å². The molecule has 1 fully saturated rings. The SMILES string of the molecule is CCOC(=O)C1=C(C)N=c2s/c(=C\c3ccc(N4CCOCC4)o3)c(=O)n2C1c1cc(OC)c(OC)c(OC)c1. The molecule has 4 heterocycles. The second-order valence-corrected chi connectivity index (χ2v) is 10.0. The number of carbonyl (C=O) groups is 1. The van der Waals surface area contributed by atoms with Crippen LogP contribution < -0.4 is 34.0 Å². The lowest BCUT2D eigenvalue weighted by atomic mass is 9.95. The van der Waals surface area contributed by atoms with Gasteiger partial charge in [0.2, 0.25) is 5.75 Å². The van der Waals surface area contributed by atoms with Crippen LogP contribution in [0.2, 0.25) is 0 Å². The van der Waals surface area contributed by atoms with Crippen LogP contribution in [-0.4, -0.2) is 64.8 Å². The molecule has 2 aromatic heterocycles. The van der Waals surface area contributed by atoms with Crippen molar-refractivity contribution in [2.75, 3.05) is 59.1 Å². The number of ether oxygens (including phenoxy) is 5. The van der Waals surface area contributed by atoms with Gasteiger partial charge >= 0.3 is 5.97 Å². The van der Waals surface area contributed by atoms with E-state index in [1.54, 1.807) is 32.1 Å². The number of hydrogen-bond donors (Lipinski definition) is 0. The Morgan fingerprint density at radius 1 is 1.12 bits per heavy atom. The van der Waals surface area contributed by atoms with E-state index in [0.29, 0.717) is 56.8 Å². The standard InChI is InChI=1S/C28H31N3O8S/c1-6-38-27(33)23-16(2)29-28-31(24(23)17-13-19(34-3)25(36-5)20(14-17)35-4)26(32)21(40-28)15-18-7-8-22(39-18)30-9-11-37-12-10-30/h7-8,13-15,24H,6,9-12H2,1-5H3/b21-15-. The summed E-state index contributed by atoms with van der Waals surface area (Å²) in [4.78, 5) is 34.3. The summed E-state index contributed by atoms with van der Waals surface area (Å²) in [6, 6.07) is 6.32. The summed E-state index contributed by atoms with van der Waals surface area (Å²) < 4.78 is 35.4. The molecule has 1 unspecified atom stereocenters. The van der Waals surface area contributed by atoms with Gasteiger partial charge in [-0.2, -0.15) is 0 Å². The van der Waals surface area contributed by atoms with Gasteiger partial charge in [0.25, 0.3) is 5.56 Å². The number of furan rings is 1. The number of nitrogens with zero attached hydrogens (tertiary/aromatic N) is 3. The molecule has 0 saturated carbocycles. The molecule has 212 valence electrons. The summed E-state index contributed by atoms with van der Waals surface area (Å²) in [5.41, 5.74) is 0.966. The highest BCUT2D eigenvalue weighted by Gasteiger charge is 2.34. The fraction of sp³-hybridized carbons (Fsp3) is 0.393. The van der Waals surface area contributed by atoms with Crippen molar-refractivity contribution in [2.45, 2.75) is 19.9 Å². The Morgan fingerprint density at radius 2 is 1.82 bits per heavy atom. The summed E-state index contributed by atoms with van der Waals surface area (Å²) >= 11 is 1.22. The van der Waals surface area contributed by atoms with Crippen LogP contribution >= 0.6 is 11.3 Å². The summed E-state index contributed by atoms with van der Waals surface area (Å²) in [5, 5.41) is 0. The maximum Gasteiger partial charge on any atom is 0.338 e. The van der Waals surface area contributed by atoms with Gasteiger partial charge in [-0.05, 0) is 37.6 Å². The average molecular weight is 570 g/mol. The lowest BCUT2D eigenvalue weighted by Crippen LogP contribution is -2.40. The zero-order chi connectivity index (χ0) is 28.4. The maximum absolute atomic E-state index is 13.9. The van der Waals surface area contributed by atoms with Crippen LogP contribution in [0, 0.1) is 0 Å². The van der Waals surface area contributed by atoms with Crippen molar-refractivity contribution in [3.8, 4) is 17.2 Å². The molecule has 0 N–H and O–H groups in total. The molecule has 0 radical (unpaired) electrons. The Morgan fingerprint density at radius 3 is 2.45 bits per heavy atom. The minimum absolute atomic E-state index is 0.173. The van der Waals surface area contributed by atoms with Crippen LogP contribution in [-0.2, 0) is 14.3 Å². The highest BCUT2D eigenvalue weighted by molar-refractivity contribution is 7.07. The molecule has 1 saturated heterocycles. The molecule has 0 spiro atoms. The Balaban J connectivity index is 1.67. The highest BCUT2D eigenvalue weighted by Crippen LogP contribution is 2.42. The van der Waals surface area contributed by atoms with E-state index in [0.717, 1.165) is 19.0 Å². The van der Waals surface area contributed by atoms with Gasteiger partial charge in [-0.1, -0.05) is 11.3 Å². The quantitative estimate of drug-likeness (QED) is 0.377. The van der Waals surface area contributed by atoms with Gasteiger partial charge in [0.15, 0.2) is 22.2 Å². The van der Waals surface area contributed by atoms with Gasteiger partial charge in [-0.15, -0.1) is 0 Å². The van der Waals surface area contributed by atoms with Crippen LogP contribution in [0.3, 0.4) is 0 Å². The van der Waals surface area contributed by atoms with Crippen molar-refractivity contribution in [3.05, 3.63) is 66.5 Å². The molecular weight excluding hydrogens is 538 g/mol. The van der Waals surface area contributed by atoms with Crippen LogP contribution in [0.5, 0.6) is 17.2 Å². The zero-order valence-electron chi connectivity index (χ0n) is 23.0. The molecule has 0 aliphatic carbocycles. The first-order valence-corrected chi connectivity index (χ1v) is 13.6. The number of allylic oxidation sites excluding steroid dienone is 1. The number of benzene rings is 1. The first-order chi connectivity index (χ1) is 19.4. The van der Waals surface area contributed by atoms with Crippen molar-refractivity contribution in [1.82, 2.24) is 4.57 Å². The third-order valence-corrected chi connectivity index (χ3v) is 7.71. The number of methoxy groups -OCH3 is 3. The van der Waals surface area contributed by atoms with Crippen molar-refractivity contribution in [3.63, 3.8) is 0 Å². The van der Waals surface area contributed by atoms with Crippen LogP contribution in [0.25, 0.3) is 6.08 Å². The molecule has 2 aliphatic heterocycles. The molecule has 11 nitrogen and oxygen atoms in total. The molecule has 3 aromatic rings. The number of aromatic nitrogens is 1. The highest BCUT2D eigenvalue weighted by atomic mass is 32.1. The number of rotatable bonds is 8. The maximum atomic E-state index is 13.9. The van der Waals surface area contributed by atoms with Gasteiger partial charge in [0.1, 0.15) is 5.76 Å². The fourth-order valence-electron chi connectivity index (χ4n) is 4.87. The molecule has 1 aromatic carbocycles. The number of carbonyl (C=O) groups excluding carboxylic acids is 1. The third-order valence-electron chi connectivity index (χ3n) is 6.73. The predicted molar refractivity (Wildman–Crippen MR) is 148 cm³/mol. The monoisotopic (exact) mass is 569 g/mol. The molecular formula is C28H31N3O8S. The molecule has 40 heavy (non-hydrogen) atoms. The second kappa shape index (κ2) is 11.6. The van der Waals surface area contributed by atoms with Gasteiger partial charge in [-0.3, -0.25) is 9.36 Å². The number of esters is 1. The number of anilines is 1. The Kier molecular flexibility index (Phi) is 7.99. The van der Waals surface area contributed by atoms with Crippen LogP contribution in [0.15, 0.2) is 49.7 Å². The third kappa shape index (κ3) is 5.00. The second-order valence-electron chi connectivity index (χ2n) is 9.04. The van der Waals surface area contributed by atoms with Gasteiger partial charge in [-0.25, -0.2) is 9.79 Å². The number of thiazole rings is 1.